The van der Waals surface area contributed by atoms with Gasteiger partial charge in [0, 0.05) is 0 Å². The van der Waals surface area contributed by atoms with E-state index in [4.69, 9.17) is 10.2 Å². The standard InChI is InChI=1S/C12H19NO3/c14-8-6-13(7-9-15)10-12(16)11-4-2-1-3-5-11/h1-5,12,14-16H,6-10H2/p+1/t12-/m0/s1. The highest BCUT2D eigenvalue weighted by Gasteiger charge is 2.15. The van der Waals surface area contributed by atoms with E-state index in [1.54, 1.807) is 0 Å². The fourth-order valence-corrected chi connectivity index (χ4v) is 1.71. The summed E-state index contributed by atoms with van der Waals surface area (Å²) in [5.41, 5.74) is 0.871. The maximum atomic E-state index is 9.96. The van der Waals surface area contributed by atoms with Crippen LogP contribution in [0.4, 0.5) is 0 Å². The number of nitrogens with one attached hydrogen (secondary N) is 1. The third-order valence-corrected chi connectivity index (χ3v) is 2.60. The van der Waals surface area contributed by atoms with Gasteiger partial charge in [-0.3, -0.25) is 0 Å². The van der Waals surface area contributed by atoms with Crippen molar-refractivity contribution in [2.24, 2.45) is 0 Å². The van der Waals surface area contributed by atoms with Crippen LogP contribution in [0.25, 0.3) is 0 Å². The lowest BCUT2D eigenvalue weighted by Crippen LogP contribution is -3.13. The highest BCUT2D eigenvalue weighted by molar-refractivity contribution is 5.17. The van der Waals surface area contributed by atoms with Crippen LogP contribution in [0.1, 0.15) is 11.7 Å². The second-order valence-corrected chi connectivity index (χ2v) is 3.83. The Hall–Kier alpha value is -0.940. The van der Waals surface area contributed by atoms with Crippen LogP contribution < -0.4 is 4.90 Å². The lowest BCUT2D eigenvalue weighted by molar-refractivity contribution is -0.904. The van der Waals surface area contributed by atoms with Crippen molar-refractivity contribution in [3.8, 4) is 0 Å². The van der Waals surface area contributed by atoms with Crippen molar-refractivity contribution in [2.45, 2.75) is 6.10 Å². The Morgan fingerprint density at radius 3 is 2.06 bits per heavy atom. The van der Waals surface area contributed by atoms with Gasteiger partial charge in [-0.1, -0.05) is 30.3 Å². The molecular formula is C12H20NO3+. The van der Waals surface area contributed by atoms with Crippen LogP contribution in [0, 0.1) is 0 Å². The fraction of sp³-hybridized carbons (Fsp3) is 0.500. The summed E-state index contributed by atoms with van der Waals surface area (Å²) in [6.45, 7) is 1.73. The number of aliphatic hydroxyl groups is 3. The van der Waals surface area contributed by atoms with E-state index in [-0.39, 0.29) is 13.2 Å². The van der Waals surface area contributed by atoms with Gasteiger partial charge in [-0.05, 0) is 5.56 Å². The molecule has 1 aromatic carbocycles. The van der Waals surface area contributed by atoms with Crippen molar-refractivity contribution in [2.75, 3.05) is 32.8 Å². The molecule has 0 radical (unpaired) electrons. The van der Waals surface area contributed by atoms with Gasteiger partial charge < -0.3 is 20.2 Å². The molecule has 0 aromatic heterocycles. The predicted molar refractivity (Wildman–Crippen MR) is 61.1 cm³/mol. The molecule has 4 N–H and O–H groups in total. The minimum atomic E-state index is -0.547. The summed E-state index contributed by atoms with van der Waals surface area (Å²) in [5.74, 6) is 0. The number of hydrogen-bond donors (Lipinski definition) is 4. The summed E-state index contributed by atoms with van der Waals surface area (Å²) in [5, 5.41) is 27.7. The van der Waals surface area contributed by atoms with Gasteiger partial charge in [0.15, 0.2) is 0 Å². The molecule has 0 unspecified atom stereocenters. The van der Waals surface area contributed by atoms with Gasteiger partial charge in [-0.2, -0.15) is 0 Å². The Morgan fingerprint density at radius 1 is 1.00 bits per heavy atom. The van der Waals surface area contributed by atoms with Crippen LogP contribution in [-0.4, -0.2) is 48.2 Å². The van der Waals surface area contributed by atoms with Gasteiger partial charge in [-0.15, -0.1) is 0 Å². The highest BCUT2D eigenvalue weighted by atomic mass is 16.3. The number of quaternary nitrogens is 1. The molecule has 1 rings (SSSR count). The molecule has 0 amide bonds. The maximum Gasteiger partial charge on any atom is 0.128 e. The highest BCUT2D eigenvalue weighted by Crippen LogP contribution is 2.09. The zero-order valence-electron chi connectivity index (χ0n) is 9.34. The van der Waals surface area contributed by atoms with E-state index < -0.39 is 6.10 Å². The maximum absolute atomic E-state index is 9.96. The topological polar surface area (TPSA) is 65.1 Å². The van der Waals surface area contributed by atoms with Gasteiger partial charge in [0.25, 0.3) is 0 Å². The Balaban J connectivity index is 2.50. The minimum Gasteiger partial charge on any atom is -0.391 e. The molecule has 0 aliphatic heterocycles. The number of aliphatic hydroxyl groups excluding tert-OH is 3. The molecule has 0 aliphatic rings. The van der Waals surface area contributed by atoms with Gasteiger partial charge in [0.2, 0.25) is 0 Å². The summed E-state index contributed by atoms with van der Waals surface area (Å²) in [7, 11) is 0. The van der Waals surface area contributed by atoms with Crippen LogP contribution >= 0.6 is 0 Å². The lowest BCUT2D eigenvalue weighted by atomic mass is 10.1. The Morgan fingerprint density at radius 2 is 1.56 bits per heavy atom. The molecule has 0 aliphatic carbocycles. The molecule has 4 heteroatoms. The predicted octanol–water partition coefficient (Wildman–Crippen LogP) is -1.41. The first-order valence-electron chi connectivity index (χ1n) is 5.56. The summed E-state index contributed by atoms with van der Waals surface area (Å²) in [4.78, 5) is 1.00. The van der Waals surface area contributed by atoms with E-state index in [2.05, 4.69) is 0 Å². The number of hydrogen-bond acceptors (Lipinski definition) is 3. The first-order valence-corrected chi connectivity index (χ1v) is 5.56. The van der Waals surface area contributed by atoms with Crippen molar-refractivity contribution in [1.82, 2.24) is 0 Å². The number of benzene rings is 1. The van der Waals surface area contributed by atoms with Crippen molar-refractivity contribution < 1.29 is 20.2 Å². The molecule has 1 atom stereocenters. The first-order chi connectivity index (χ1) is 7.77. The smallest absolute Gasteiger partial charge is 0.128 e. The Labute approximate surface area is 95.8 Å². The van der Waals surface area contributed by atoms with E-state index in [0.717, 1.165) is 10.5 Å². The molecule has 0 heterocycles. The van der Waals surface area contributed by atoms with E-state index in [1.807, 2.05) is 30.3 Å². The molecule has 4 nitrogen and oxygen atoms in total. The van der Waals surface area contributed by atoms with Crippen molar-refractivity contribution in [3.05, 3.63) is 35.9 Å². The van der Waals surface area contributed by atoms with Gasteiger partial charge in [0.05, 0.1) is 13.2 Å². The third kappa shape index (κ3) is 4.28. The first kappa shape index (κ1) is 13.1. The molecule has 90 valence electrons. The van der Waals surface area contributed by atoms with Crippen molar-refractivity contribution in [1.29, 1.82) is 0 Å². The third-order valence-electron chi connectivity index (χ3n) is 2.60. The summed E-state index contributed by atoms with van der Waals surface area (Å²) in [6.07, 6.45) is -0.547. The quantitative estimate of drug-likeness (QED) is 0.462. The average Bonchev–Trinajstić information content (AvgIpc) is 2.31. The van der Waals surface area contributed by atoms with Crippen LogP contribution in [-0.2, 0) is 0 Å². The average molecular weight is 226 g/mol. The van der Waals surface area contributed by atoms with Crippen LogP contribution in [0.5, 0.6) is 0 Å². The Bertz CT molecular complexity index is 273. The molecule has 0 bridgehead atoms. The summed E-state index contributed by atoms with van der Waals surface area (Å²) in [6, 6.07) is 9.43. The van der Waals surface area contributed by atoms with E-state index in [1.165, 1.54) is 0 Å². The van der Waals surface area contributed by atoms with Crippen molar-refractivity contribution in [3.63, 3.8) is 0 Å². The molecule has 0 saturated heterocycles. The van der Waals surface area contributed by atoms with Gasteiger partial charge in [0.1, 0.15) is 25.7 Å². The van der Waals surface area contributed by atoms with E-state index >= 15 is 0 Å². The largest absolute Gasteiger partial charge is 0.391 e. The summed E-state index contributed by atoms with van der Waals surface area (Å²) >= 11 is 0. The molecule has 0 saturated carbocycles. The minimum absolute atomic E-state index is 0.0663. The zero-order chi connectivity index (χ0) is 11.8. The van der Waals surface area contributed by atoms with Crippen LogP contribution in [0.3, 0.4) is 0 Å². The summed E-state index contributed by atoms with van der Waals surface area (Å²) < 4.78 is 0. The van der Waals surface area contributed by atoms with Gasteiger partial charge >= 0.3 is 0 Å². The second kappa shape index (κ2) is 7.35. The SMILES string of the molecule is OCC[NH+](CCO)C[C@H](O)c1ccccc1. The Kier molecular flexibility index (Phi) is 6.03. The molecule has 16 heavy (non-hydrogen) atoms. The van der Waals surface area contributed by atoms with Gasteiger partial charge in [-0.25, -0.2) is 0 Å². The second-order valence-electron chi connectivity index (χ2n) is 3.83. The molecular weight excluding hydrogens is 206 g/mol. The monoisotopic (exact) mass is 226 g/mol. The molecule has 1 aromatic rings. The normalized spacial score (nSPS) is 13.0. The fourth-order valence-electron chi connectivity index (χ4n) is 1.71. The van der Waals surface area contributed by atoms with Crippen molar-refractivity contribution >= 4 is 0 Å². The zero-order valence-corrected chi connectivity index (χ0v) is 9.34. The van der Waals surface area contributed by atoms with E-state index in [9.17, 15) is 5.11 Å². The molecule has 0 fully saturated rings. The van der Waals surface area contributed by atoms with Crippen LogP contribution in [0.2, 0.25) is 0 Å². The van der Waals surface area contributed by atoms with E-state index in [0.29, 0.717) is 19.6 Å². The number of rotatable bonds is 7. The molecule has 0 spiro atoms. The lowest BCUT2D eigenvalue weighted by Gasteiger charge is -2.20. The van der Waals surface area contributed by atoms with Crippen LogP contribution in [0.15, 0.2) is 30.3 Å².